The number of imidazole rings is 1. The van der Waals surface area contributed by atoms with Gasteiger partial charge < -0.3 is 24.8 Å². The van der Waals surface area contributed by atoms with Gasteiger partial charge in [-0.1, -0.05) is 44.5 Å². The fraction of sp³-hybridized carbons (Fsp3) is 0.520. The van der Waals surface area contributed by atoms with E-state index < -0.39 is 56.0 Å². The second-order valence-corrected chi connectivity index (χ2v) is 13.4. The molecule has 230 valence electrons. The zero-order chi connectivity index (χ0) is 31.0. The maximum atomic E-state index is 15.6. The van der Waals surface area contributed by atoms with E-state index in [1.54, 1.807) is 12.1 Å². The van der Waals surface area contributed by atoms with Gasteiger partial charge in [-0.15, -0.1) is 0 Å². The molecule has 0 saturated carbocycles. The average Bonchev–Trinajstić information content (AvgIpc) is 3.40. The highest BCUT2D eigenvalue weighted by atomic mass is 35.5. The van der Waals surface area contributed by atoms with Crippen LogP contribution in [0.5, 0.6) is 5.75 Å². The quantitative estimate of drug-likeness (QED) is 0.189. The SMILES string of the molecule is CC(NP(=O)(OC[C@H]1O[C@@H](n2cnc3c(=O)[nH]c(N)nc32)[C@](C)(O)[C@@H]1F)Oc1ccccc1Cl)C(=O)OCC(C)(C)C. The number of aromatic nitrogens is 4. The Balaban J connectivity index is 1.56. The molecule has 42 heavy (non-hydrogen) atoms. The molecule has 0 spiro atoms. The Morgan fingerprint density at radius 3 is 2.76 bits per heavy atom. The smallest absolute Gasteiger partial charge is 0.459 e. The number of ether oxygens (including phenoxy) is 2. The molecule has 1 aliphatic rings. The van der Waals surface area contributed by atoms with Gasteiger partial charge in [0.2, 0.25) is 5.95 Å². The van der Waals surface area contributed by atoms with Crippen molar-refractivity contribution in [3.63, 3.8) is 0 Å². The molecule has 1 fully saturated rings. The minimum atomic E-state index is -4.45. The number of halogens is 2. The number of rotatable bonds is 10. The number of aromatic amines is 1. The number of hydrogen-bond acceptors (Lipinski definition) is 11. The monoisotopic (exact) mass is 630 g/mol. The first-order valence-electron chi connectivity index (χ1n) is 12.9. The molecule has 3 aromatic rings. The molecule has 0 bridgehead atoms. The van der Waals surface area contributed by atoms with Crippen LogP contribution in [0.1, 0.15) is 40.8 Å². The standard InChI is InChI=1S/C25H33ClFN6O8P/c1-13(21(35)38-11-24(2,3)4)32-42(37,41-15-9-7-6-8-14(15)26)39-10-16-18(27)25(5,36)22(40-16)33-12-29-17-19(33)30-23(28)31-20(17)34/h6-9,12-13,16,18,22,36H,10-11H2,1-5H3,(H,32,37)(H3,28,30,31,34)/t13?,16-,18-,22-,25-,42?/m1/s1. The van der Waals surface area contributed by atoms with Crippen molar-refractivity contribution in [1.82, 2.24) is 24.6 Å². The van der Waals surface area contributed by atoms with Crippen LogP contribution >= 0.6 is 19.3 Å². The lowest BCUT2D eigenvalue weighted by molar-refractivity contribution is -0.148. The van der Waals surface area contributed by atoms with Crippen molar-refractivity contribution in [2.24, 2.45) is 5.41 Å². The summed E-state index contributed by atoms with van der Waals surface area (Å²) in [6, 6.07) is 4.95. The molecule has 5 N–H and O–H groups in total. The number of aliphatic hydroxyl groups is 1. The first-order chi connectivity index (χ1) is 19.5. The van der Waals surface area contributed by atoms with E-state index in [2.05, 4.69) is 20.0 Å². The van der Waals surface area contributed by atoms with Gasteiger partial charge >= 0.3 is 13.7 Å². The maximum absolute atomic E-state index is 15.6. The van der Waals surface area contributed by atoms with Crippen molar-refractivity contribution in [2.45, 2.75) is 64.8 Å². The molecule has 2 unspecified atom stereocenters. The number of carbonyl (C=O) groups is 1. The number of H-pyrrole nitrogens is 1. The summed E-state index contributed by atoms with van der Waals surface area (Å²) in [7, 11) is -4.45. The number of para-hydroxylation sites is 1. The number of benzene rings is 1. The van der Waals surface area contributed by atoms with Gasteiger partial charge in [-0.2, -0.15) is 10.1 Å². The van der Waals surface area contributed by atoms with E-state index in [9.17, 15) is 19.3 Å². The van der Waals surface area contributed by atoms with Crippen LogP contribution in [0.25, 0.3) is 11.2 Å². The molecule has 6 atom stereocenters. The molecular formula is C25H33ClFN6O8P. The summed E-state index contributed by atoms with van der Waals surface area (Å²) in [6.07, 6.45) is -3.85. The van der Waals surface area contributed by atoms with Crippen molar-refractivity contribution in [1.29, 1.82) is 0 Å². The van der Waals surface area contributed by atoms with Gasteiger partial charge in [-0.25, -0.2) is 13.9 Å². The number of nitrogens with zero attached hydrogens (tertiary/aromatic N) is 3. The van der Waals surface area contributed by atoms with E-state index in [1.807, 2.05) is 20.8 Å². The van der Waals surface area contributed by atoms with Crippen molar-refractivity contribution in [3.8, 4) is 5.75 Å². The first kappa shape index (κ1) is 31.9. The van der Waals surface area contributed by atoms with Crippen LogP contribution in [0.15, 0.2) is 35.4 Å². The molecule has 0 amide bonds. The van der Waals surface area contributed by atoms with Gasteiger partial charge in [-0.3, -0.25) is 23.7 Å². The number of fused-ring (bicyclic) bond motifs is 1. The Kier molecular flexibility index (Phi) is 9.03. The average molecular weight is 631 g/mol. The van der Waals surface area contributed by atoms with Crippen LogP contribution in [-0.4, -0.2) is 67.7 Å². The van der Waals surface area contributed by atoms with E-state index in [-0.39, 0.29) is 39.9 Å². The predicted molar refractivity (Wildman–Crippen MR) is 151 cm³/mol. The fourth-order valence-corrected chi connectivity index (χ4v) is 5.83. The number of hydrogen-bond donors (Lipinski definition) is 4. The van der Waals surface area contributed by atoms with E-state index >= 15 is 4.39 Å². The molecule has 1 aromatic carbocycles. The van der Waals surface area contributed by atoms with Crippen LogP contribution in [0.4, 0.5) is 10.3 Å². The van der Waals surface area contributed by atoms with Crippen molar-refractivity contribution >= 4 is 42.4 Å². The summed E-state index contributed by atoms with van der Waals surface area (Å²) in [5.74, 6) is -0.978. The minimum absolute atomic E-state index is 0.0296. The maximum Gasteiger partial charge on any atom is 0.459 e. The highest BCUT2D eigenvalue weighted by Crippen LogP contribution is 2.49. The Morgan fingerprint density at radius 2 is 2.10 bits per heavy atom. The van der Waals surface area contributed by atoms with Gasteiger partial charge in [-0.05, 0) is 31.4 Å². The Labute approximate surface area is 245 Å². The summed E-state index contributed by atoms with van der Waals surface area (Å²) >= 11 is 6.18. The van der Waals surface area contributed by atoms with E-state index in [1.165, 1.54) is 30.5 Å². The highest BCUT2D eigenvalue weighted by molar-refractivity contribution is 7.52. The Morgan fingerprint density at radius 1 is 1.40 bits per heavy atom. The van der Waals surface area contributed by atoms with Gasteiger partial charge in [0, 0.05) is 0 Å². The summed E-state index contributed by atoms with van der Waals surface area (Å²) < 4.78 is 52.9. The molecule has 17 heteroatoms. The lowest BCUT2D eigenvalue weighted by Crippen LogP contribution is -2.42. The number of nitrogen functional groups attached to an aromatic ring is 1. The normalized spacial score (nSPS) is 24.8. The Hall–Kier alpha value is -3.07. The molecule has 3 heterocycles. The van der Waals surface area contributed by atoms with E-state index in [0.29, 0.717) is 0 Å². The van der Waals surface area contributed by atoms with Crippen molar-refractivity contribution in [2.75, 3.05) is 18.9 Å². The Bertz CT molecular complexity index is 1560. The third-order valence-corrected chi connectivity index (χ3v) is 8.15. The second-order valence-electron chi connectivity index (χ2n) is 11.3. The molecular weight excluding hydrogens is 598 g/mol. The molecule has 2 aromatic heterocycles. The topological polar surface area (TPSA) is 193 Å². The molecule has 14 nitrogen and oxygen atoms in total. The molecule has 0 radical (unpaired) electrons. The zero-order valence-electron chi connectivity index (χ0n) is 23.5. The van der Waals surface area contributed by atoms with Crippen LogP contribution in [0.3, 0.4) is 0 Å². The number of nitrogens with one attached hydrogen (secondary N) is 2. The lowest BCUT2D eigenvalue weighted by Gasteiger charge is -2.26. The van der Waals surface area contributed by atoms with Crippen LogP contribution in [0, 0.1) is 5.41 Å². The number of carbonyl (C=O) groups excluding carboxylic acids is 1. The van der Waals surface area contributed by atoms with Crippen LogP contribution in [-0.2, 0) is 23.4 Å². The van der Waals surface area contributed by atoms with Gasteiger partial charge in [0.05, 0.1) is 24.6 Å². The molecule has 1 saturated heterocycles. The number of nitrogens with two attached hydrogens (primary N) is 1. The summed E-state index contributed by atoms with van der Waals surface area (Å²) in [5.41, 5.74) is 2.37. The van der Waals surface area contributed by atoms with Gasteiger partial charge in [0.1, 0.15) is 23.5 Å². The predicted octanol–water partition coefficient (Wildman–Crippen LogP) is 3.11. The van der Waals surface area contributed by atoms with Gasteiger partial charge in [0.25, 0.3) is 5.56 Å². The van der Waals surface area contributed by atoms with E-state index in [0.717, 1.165) is 6.33 Å². The third-order valence-electron chi connectivity index (χ3n) is 6.21. The summed E-state index contributed by atoms with van der Waals surface area (Å²) in [6.45, 7) is 7.59. The lowest BCUT2D eigenvalue weighted by atomic mass is 9.98. The number of esters is 1. The molecule has 0 aliphatic carbocycles. The highest BCUT2D eigenvalue weighted by Gasteiger charge is 2.55. The largest absolute Gasteiger partial charge is 0.464 e. The summed E-state index contributed by atoms with van der Waals surface area (Å²) in [4.78, 5) is 35.1. The third kappa shape index (κ3) is 6.93. The fourth-order valence-electron chi connectivity index (χ4n) is 4.08. The zero-order valence-corrected chi connectivity index (χ0v) is 25.2. The van der Waals surface area contributed by atoms with E-state index in [4.69, 9.17) is 35.9 Å². The molecule has 4 rings (SSSR count). The van der Waals surface area contributed by atoms with Crippen LogP contribution < -0.4 is 20.9 Å². The van der Waals surface area contributed by atoms with Crippen molar-refractivity contribution < 1.29 is 37.4 Å². The molecule has 1 aliphatic heterocycles. The minimum Gasteiger partial charge on any atom is -0.464 e. The van der Waals surface area contributed by atoms with Crippen molar-refractivity contribution in [3.05, 3.63) is 46.0 Å². The van der Waals surface area contributed by atoms with Crippen LogP contribution in [0.2, 0.25) is 5.02 Å². The summed E-state index contributed by atoms with van der Waals surface area (Å²) in [5, 5.41) is 13.7. The first-order valence-corrected chi connectivity index (χ1v) is 14.8. The number of alkyl halides is 1. The number of anilines is 1. The second kappa shape index (κ2) is 11.9. The van der Waals surface area contributed by atoms with Gasteiger partial charge in [0.15, 0.2) is 23.6 Å².